The number of hydrogen-bond donors (Lipinski definition) is 0. The Morgan fingerprint density at radius 3 is 2.39 bits per heavy atom. The fraction of sp³-hybridized carbons (Fsp3) is 0.261. The molecule has 0 spiro atoms. The van der Waals surface area contributed by atoms with Gasteiger partial charge in [-0.3, -0.25) is 4.79 Å². The number of carbonyl (C=O) groups is 1. The van der Waals surface area contributed by atoms with E-state index in [4.69, 9.17) is 9.47 Å². The van der Waals surface area contributed by atoms with Gasteiger partial charge >= 0.3 is 0 Å². The lowest BCUT2D eigenvalue weighted by Gasteiger charge is -2.37. The van der Waals surface area contributed by atoms with Crippen molar-refractivity contribution in [3.05, 3.63) is 77.6 Å². The molecule has 1 atom stereocenters. The van der Waals surface area contributed by atoms with Gasteiger partial charge in [-0.2, -0.15) is 4.31 Å². The monoisotopic (exact) mass is 440 g/mol. The first kappa shape index (κ1) is 21.1. The Kier molecular flexibility index (Phi) is 5.60. The first-order chi connectivity index (χ1) is 14.9. The third kappa shape index (κ3) is 3.73. The van der Waals surface area contributed by atoms with Gasteiger partial charge in [0.2, 0.25) is 10.0 Å². The van der Waals surface area contributed by atoms with Crippen LogP contribution >= 0.6 is 0 Å². The van der Waals surface area contributed by atoms with Crippen LogP contribution in [0.3, 0.4) is 0 Å². The number of carbonyl (C=O) groups excluding carboxylic acids is 1. The van der Waals surface area contributed by atoms with E-state index in [-0.39, 0.29) is 10.7 Å². The number of fused-ring (bicyclic) bond motifs is 1. The van der Waals surface area contributed by atoms with Gasteiger partial charge < -0.3 is 14.0 Å². The summed E-state index contributed by atoms with van der Waals surface area (Å²) in [5.41, 5.74) is 2.02. The molecule has 0 saturated heterocycles. The largest absolute Gasteiger partial charge is 0.497 e. The van der Waals surface area contributed by atoms with E-state index in [0.717, 1.165) is 5.69 Å². The maximum absolute atomic E-state index is 13.7. The number of ether oxygens (including phenoxy) is 2. The predicted octanol–water partition coefficient (Wildman–Crippen LogP) is 3.50. The van der Waals surface area contributed by atoms with Gasteiger partial charge in [-0.25, -0.2) is 8.42 Å². The van der Waals surface area contributed by atoms with Crippen LogP contribution in [0.5, 0.6) is 11.5 Å². The number of Topliss-reactive ketones (excluding diaryl/α,β-unsaturated/α-hetero) is 1. The van der Waals surface area contributed by atoms with Crippen LogP contribution in [-0.4, -0.2) is 43.8 Å². The van der Waals surface area contributed by atoms with Crippen molar-refractivity contribution in [2.24, 2.45) is 0 Å². The molecule has 1 unspecified atom stereocenters. The molecule has 7 nitrogen and oxygen atoms in total. The second-order valence-electron chi connectivity index (χ2n) is 7.33. The molecule has 0 fully saturated rings. The summed E-state index contributed by atoms with van der Waals surface area (Å²) < 4.78 is 41.9. The molecule has 3 aromatic rings. The van der Waals surface area contributed by atoms with Crippen molar-refractivity contribution in [1.82, 2.24) is 8.87 Å². The molecule has 4 rings (SSSR count). The summed E-state index contributed by atoms with van der Waals surface area (Å²) in [5.74, 6) is 1.08. The van der Waals surface area contributed by atoms with Gasteiger partial charge in [-0.05, 0) is 49.4 Å². The first-order valence-electron chi connectivity index (χ1n) is 9.86. The Hall–Kier alpha value is -3.10. The van der Waals surface area contributed by atoms with E-state index in [1.54, 1.807) is 38.5 Å². The maximum Gasteiger partial charge on any atom is 0.244 e. The highest BCUT2D eigenvalue weighted by molar-refractivity contribution is 7.89. The molecule has 0 bridgehead atoms. The van der Waals surface area contributed by atoms with Crippen molar-refractivity contribution < 1.29 is 22.7 Å². The molecular formula is C23H24N2O5S. The standard InChI is InChI=1S/C23H24N2O5S/c1-16(26)17-6-9-19(10-7-17)31(27,28)25-14-13-24-12-4-5-21(24)23(25)20-15-18(29-2)8-11-22(20)30-3/h4-12,15,23H,13-14H2,1-3H3. The Balaban J connectivity index is 1.86. The number of ketones is 1. The van der Waals surface area contributed by atoms with E-state index in [1.165, 1.54) is 23.4 Å². The summed E-state index contributed by atoms with van der Waals surface area (Å²) in [7, 11) is -0.723. The Morgan fingerprint density at radius 2 is 1.74 bits per heavy atom. The smallest absolute Gasteiger partial charge is 0.244 e. The predicted molar refractivity (Wildman–Crippen MR) is 116 cm³/mol. The average Bonchev–Trinajstić information content (AvgIpc) is 3.27. The van der Waals surface area contributed by atoms with E-state index < -0.39 is 16.1 Å². The number of nitrogens with zero attached hydrogens (tertiary/aromatic N) is 2. The van der Waals surface area contributed by atoms with Gasteiger partial charge in [-0.1, -0.05) is 12.1 Å². The zero-order valence-electron chi connectivity index (χ0n) is 17.6. The lowest BCUT2D eigenvalue weighted by molar-refractivity contribution is 0.101. The fourth-order valence-electron chi connectivity index (χ4n) is 3.99. The second-order valence-corrected chi connectivity index (χ2v) is 9.22. The quantitative estimate of drug-likeness (QED) is 0.548. The van der Waals surface area contributed by atoms with E-state index in [1.807, 2.05) is 24.4 Å². The summed E-state index contributed by atoms with van der Waals surface area (Å²) in [5, 5.41) is 0. The van der Waals surface area contributed by atoms with Crippen LogP contribution < -0.4 is 9.47 Å². The lowest BCUT2D eigenvalue weighted by Crippen LogP contribution is -2.42. The van der Waals surface area contributed by atoms with Gasteiger partial charge in [0.05, 0.1) is 25.2 Å². The van der Waals surface area contributed by atoms with Crippen molar-refractivity contribution in [2.75, 3.05) is 20.8 Å². The first-order valence-corrected chi connectivity index (χ1v) is 11.3. The molecule has 2 aromatic carbocycles. The zero-order valence-corrected chi connectivity index (χ0v) is 18.4. The van der Waals surface area contributed by atoms with Crippen molar-refractivity contribution in [1.29, 1.82) is 0 Å². The van der Waals surface area contributed by atoms with Crippen LogP contribution in [0.2, 0.25) is 0 Å². The molecule has 1 aromatic heterocycles. The molecule has 0 aliphatic carbocycles. The number of sulfonamides is 1. The summed E-state index contributed by atoms with van der Waals surface area (Å²) >= 11 is 0. The molecule has 31 heavy (non-hydrogen) atoms. The maximum atomic E-state index is 13.7. The van der Waals surface area contributed by atoms with Crippen LogP contribution in [0.15, 0.2) is 65.7 Å². The molecule has 8 heteroatoms. The van der Waals surface area contributed by atoms with Crippen molar-refractivity contribution >= 4 is 15.8 Å². The van der Waals surface area contributed by atoms with Gasteiger partial charge in [-0.15, -0.1) is 0 Å². The number of methoxy groups -OCH3 is 2. The van der Waals surface area contributed by atoms with E-state index in [0.29, 0.717) is 35.7 Å². The van der Waals surface area contributed by atoms with Gasteiger partial charge in [0, 0.05) is 36.1 Å². The summed E-state index contributed by atoms with van der Waals surface area (Å²) in [4.78, 5) is 11.7. The average molecular weight is 441 g/mol. The summed E-state index contributed by atoms with van der Waals surface area (Å²) in [6, 6.07) is 14.7. The van der Waals surface area contributed by atoms with Gasteiger partial charge in [0.15, 0.2) is 5.78 Å². The minimum Gasteiger partial charge on any atom is -0.497 e. The number of hydrogen-bond acceptors (Lipinski definition) is 5. The van der Waals surface area contributed by atoms with Crippen molar-refractivity contribution in [2.45, 2.75) is 24.4 Å². The number of aromatic nitrogens is 1. The Labute approximate surface area is 181 Å². The van der Waals surface area contributed by atoms with E-state index in [2.05, 4.69) is 4.57 Å². The topological polar surface area (TPSA) is 77.8 Å². The molecule has 0 radical (unpaired) electrons. The van der Waals surface area contributed by atoms with E-state index in [9.17, 15) is 13.2 Å². The van der Waals surface area contributed by atoms with E-state index >= 15 is 0 Å². The van der Waals surface area contributed by atoms with Crippen LogP contribution in [0.4, 0.5) is 0 Å². The molecule has 0 N–H and O–H groups in total. The molecule has 0 saturated carbocycles. The molecule has 162 valence electrons. The van der Waals surface area contributed by atoms with Crippen LogP contribution in [0.1, 0.15) is 34.6 Å². The second kappa shape index (κ2) is 8.20. The fourth-order valence-corrected chi connectivity index (χ4v) is 5.56. The van der Waals surface area contributed by atoms with Crippen LogP contribution in [-0.2, 0) is 16.6 Å². The highest BCUT2D eigenvalue weighted by atomic mass is 32.2. The third-order valence-electron chi connectivity index (χ3n) is 5.59. The van der Waals surface area contributed by atoms with Crippen molar-refractivity contribution in [3.8, 4) is 11.5 Å². The van der Waals surface area contributed by atoms with Crippen molar-refractivity contribution in [3.63, 3.8) is 0 Å². The Morgan fingerprint density at radius 1 is 1.00 bits per heavy atom. The van der Waals surface area contributed by atoms with Gasteiger partial charge in [0.1, 0.15) is 11.5 Å². The zero-order chi connectivity index (χ0) is 22.2. The highest BCUT2D eigenvalue weighted by Crippen LogP contribution is 2.41. The normalized spacial score (nSPS) is 16.5. The molecule has 0 amide bonds. The summed E-state index contributed by atoms with van der Waals surface area (Å²) in [6.07, 6.45) is 1.95. The number of rotatable bonds is 6. The highest BCUT2D eigenvalue weighted by Gasteiger charge is 2.39. The molecule has 1 aliphatic heterocycles. The molecule has 1 aliphatic rings. The minimum absolute atomic E-state index is 0.112. The van der Waals surface area contributed by atoms with Crippen LogP contribution in [0.25, 0.3) is 0 Å². The number of benzene rings is 2. The minimum atomic E-state index is -3.85. The third-order valence-corrected chi connectivity index (χ3v) is 7.47. The lowest BCUT2D eigenvalue weighted by atomic mass is 10.0. The van der Waals surface area contributed by atoms with Gasteiger partial charge in [0.25, 0.3) is 0 Å². The Bertz CT molecular complexity index is 1220. The molecule has 2 heterocycles. The SMILES string of the molecule is COc1ccc(OC)c(C2c3cccn3CCN2S(=O)(=O)c2ccc(C(C)=O)cc2)c1. The van der Waals surface area contributed by atoms with Crippen LogP contribution in [0, 0.1) is 0 Å². The summed E-state index contributed by atoms with van der Waals surface area (Å²) in [6.45, 7) is 2.28. The molecular weight excluding hydrogens is 416 g/mol.